The number of halogens is 1. The summed E-state index contributed by atoms with van der Waals surface area (Å²) in [7, 11) is 0. The number of likely N-dealkylation sites (tertiary alicyclic amines) is 1. The molecule has 0 unspecified atom stereocenters. The van der Waals surface area contributed by atoms with E-state index in [1.807, 2.05) is 24.1 Å². The lowest BCUT2D eigenvalue weighted by molar-refractivity contribution is 0.103. The van der Waals surface area contributed by atoms with Crippen molar-refractivity contribution in [1.29, 1.82) is 0 Å². The molecule has 2 saturated heterocycles. The molecule has 0 amide bonds. The van der Waals surface area contributed by atoms with Crippen LogP contribution in [0.4, 0.5) is 4.39 Å². The fourth-order valence-corrected chi connectivity index (χ4v) is 5.23. The molecular weight excluding hydrogens is 355 g/mol. The van der Waals surface area contributed by atoms with E-state index in [4.69, 9.17) is 0 Å². The molecule has 4 rings (SSSR count). The Kier molecular flexibility index (Phi) is 6.16. The molecule has 2 aromatic carbocycles. The summed E-state index contributed by atoms with van der Waals surface area (Å²) in [5.74, 6) is 0.723. The quantitative estimate of drug-likeness (QED) is 0.625. The highest BCUT2D eigenvalue weighted by molar-refractivity contribution is 7.97. The molecule has 27 heavy (non-hydrogen) atoms. The number of rotatable bonds is 4. The molecule has 0 N–H and O–H groups in total. The van der Waals surface area contributed by atoms with E-state index in [-0.39, 0.29) is 5.82 Å². The zero-order valence-electron chi connectivity index (χ0n) is 16.1. The molecule has 0 aromatic heterocycles. The first-order valence-corrected chi connectivity index (χ1v) is 11.0. The molecule has 2 aromatic rings. The Morgan fingerprint density at radius 3 is 2.26 bits per heavy atom. The minimum Gasteiger partial charge on any atom is -0.300 e. The second-order valence-electron chi connectivity index (χ2n) is 8.00. The molecular formula is C23H29FN2S. The molecule has 0 radical (unpaired) electrons. The highest BCUT2D eigenvalue weighted by Crippen LogP contribution is 2.31. The Morgan fingerprint density at radius 1 is 0.852 bits per heavy atom. The lowest BCUT2D eigenvalue weighted by atomic mass is 9.95. The Hall–Kier alpha value is -1.36. The summed E-state index contributed by atoms with van der Waals surface area (Å²) in [6.07, 6.45) is 5.29. The molecule has 0 atom stereocenters. The Labute approximate surface area is 166 Å². The first-order chi connectivity index (χ1) is 13.2. The molecule has 2 heterocycles. The predicted octanol–water partition coefficient (Wildman–Crippen LogP) is 5.70. The summed E-state index contributed by atoms with van der Waals surface area (Å²) in [4.78, 5) is 4.00. The zero-order valence-corrected chi connectivity index (χ0v) is 16.9. The van der Waals surface area contributed by atoms with Crippen LogP contribution in [0.25, 0.3) is 11.1 Å². The van der Waals surface area contributed by atoms with E-state index in [0.29, 0.717) is 0 Å². The van der Waals surface area contributed by atoms with Gasteiger partial charge < -0.3 is 4.90 Å². The van der Waals surface area contributed by atoms with Gasteiger partial charge in [-0.3, -0.25) is 0 Å². The van der Waals surface area contributed by atoms with Gasteiger partial charge in [0.05, 0.1) is 0 Å². The third-order valence-corrected chi connectivity index (χ3v) is 7.09. The minimum absolute atomic E-state index is 0.185. The summed E-state index contributed by atoms with van der Waals surface area (Å²) in [6.45, 7) is 7.28. The van der Waals surface area contributed by atoms with Crippen molar-refractivity contribution < 1.29 is 4.39 Å². The summed E-state index contributed by atoms with van der Waals surface area (Å²) < 4.78 is 15.7. The van der Waals surface area contributed by atoms with E-state index in [0.717, 1.165) is 36.2 Å². The average Bonchev–Trinajstić information content (AvgIpc) is 2.70. The maximum absolute atomic E-state index is 13.2. The van der Waals surface area contributed by atoms with Crippen molar-refractivity contribution in [2.45, 2.75) is 43.5 Å². The van der Waals surface area contributed by atoms with Crippen molar-refractivity contribution in [3.05, 3.63) is 54.3 Å². The Morgan fingerprint density at radius 2 is 1.56 bits per heavy atom. The van der Waals surface area contributed by atoms with Crippen molar-refractivity contribution >= 4 is 11.9 Å². The molecule has 144 valence electrons. The van der Waals surface area contributed by atoms with Crippen LogP contribution >= 0.6 is 11.9 Å². The van der Waals surface area contributed by atoms with Crippen LogP contribution in [0.15, 0.2) is 53.4 Å². The SMILES string of the molecule is CC1CCN(C2CCN(Sc3cccc(-c4ccc(F)cc4)c3)CC2)CC1. The number of hydrogen-bond donors (Lipinski definition) is 0. The smallest absolute Gasteiger partial charge is 0.123 e. The fourth-order valence-electron chi connectivity index (χ4n) is 4.22. The van der Waals surface area contributed by atoms with Gasteiger partial charge in [-0.2, -0.15) is 0 Å². The molecule has 0 bridgehead atoms. The van der Waals surface area contributed by atoms with Crippen molar-refractivity contribution in [3.8, 4) is 11.1 Å². The van der Waals surface area contributed by atoms with Gasteiger partial charge in [-0.25, -0.2) is 8.70 Å². The Bertz CT molecular complexity index is 732. The van der Waals surface area contributed by atoms with E-state index in [1.165, 1.54) is 55.8 Å². The summed E-state index contributed by atoms with van der Waals surface area (Å²) in [5.41, 5.74) is 2.22. The topological polar surface area (TPSA) is 6.48 Å². The molecule has 2 nitrogen and oxygen atoms in total. The highest BCUT2D eigenvalue weighted by Gasteiger charge is 2.27. The van der Waals surface area contributed by atoms with Crippen LogP contribution in [0.3, 0.4) is 0 Å². The lowest BCUT2D eigenvalue weighted by Crippen LogP contribution is -2.46. The van der Waals surface area contributed by atoms with Gasteiger partial charge in [0.25, 0.3) is 0 Å². The molecule has 4 heteroatoms. The van der Waals surface area contributed by atoms with Crippen LogP contribution < -0.4 is 0 Å². The van der Waals surface area contributed by atoms with Gasteiger partial charge in [-0.05, 0) is 92.0 Å². The van der Waals surface area contributed by atoms with Crippen molar-refractivity contribution in [3.63, 3.8) is 0 Å². The van der Waals surface area contributed by atoms with Gasteiger partial charge >= 0.3 is 0 Å². The number of nitrogens with zero attached hydrogens (tertiary/aromatic N) is 2. The first kappa shape index (κ1) is 19.0. The lowest BCUT2D eigenvalue weighted by Gasteiger charge is -2.41. The monoisotopic (exact) mass is 384 g/mol. The van der Waals surface area contributed by atoms with Crippen LogP contribution in [0.1, 0.15) is 32.6 Å². The van der Waals surface area contributed by atoms with Gasteiger partial charge in [0.1, 0.15) is 5.82 Å². The van der Waals surface area contributed by atoms with Crippen LogP contribution in [-0.4, -0.2) is 41.4 Å². The van der Waals surface area contributed by atoms with Crippen molar-refractivity contribution in [2.24, 2.45) is 5.92 Å². The van der Waals surface area contributed by atoms with Crippen LogP contribution in [-0.2, 0) is 0 Å². The van der Waals surface area contributed by atoms with Gasteiger partial charge in [0, 0.05) is 24.0 Å². The van der Waals surface area contributed by atoms with Crippen molar-refractivity contribution in [1.82, 2.24) is 9.21 Å². The molecule has 0 aliphatic carbocycles. The number of hydrogen-bond acceptors (Lipinski definition) is 3. The van der Waals surface area contributed by atoms with Crippen LogP contribution in [0.5, 0.6) is 0 Å². The van der Waals surface area contributed by atoms with E-state index in [1.54, 1.807) is 0 Å². The van der Waals surface area contributed by atoms with Crippen LogP contribution in [0.2, 0.25) is 0 Å². The molecule has 2 fully saturated rings. The molecule has 0 spiro atoms. The molecule has 0 saturated carbocycles. The summed E-state index contributed by atoms with van der Waals surface area (Å²) >= 11 is 1.87. The van der Waals surface area contributed by atoms with E-state index in [9.17, 15) is 4.39 Å². The van der Waals surface area contributed by atoms with Crippen molar-refractivity contribution in [2.75, 3.05) is 26.2 Å². The van der Waals surface area contributed by atoms with E-state index >= 15 is 0 Å². The standard InChI is InChI=1S/C23H29FN2S/c1-18-9-13-25(14-10-18)22-11-15-26(16-12-22)27-23-4-2-3-20(17-23)19-5-7-21(24)8-6-19/h2-8,17-18,22H,9-16H2,1H3. The van der Waals surface area contributed by atoms with E-state index < -0.39 is 0 Å². The normalized spacial score (nSPS) is 20.8. The van der Waals surface area contributed by atoms with Gasteiger partial charge in [-0.15, -0.1) is 0 Å². The summed E-state index contributed by atoms with van der Waals surface area (Å²) in [6, 6.07) is 16.1. The second kappa shape index (κ2) is 8.76. The minimum atomic E-state index is -0.185. The fraction of sp³-hybridized carbons (Fsp3) is 0.478. The predicted molar refractivity (Wildman–Crippen MR) is 112 cm³/mol. The largest absolute Gasteiger partial charge is 0.300 e. The maximum atomic E-state index is 13.2. The molecule has 2 aliphatic heterocycles. The second-order valence-corrected chi connectivity index (χ2v) is 9.18. The number of benzene rings is 2. The summed E-state index contributed by atoms with van der Waals surface area (Å²) in [5, 5.41) is 0. The van der Waals surface area contributed by atoms with Gasteiger partial charge in [0.2, 0.25) is 0 Å². The highest BCUT2D eigenvalue weighted by atomic mass is 32.2. The molecule has 2 aliphatic rings. The first-order valence-electron chi connectivity index (χ1n) is 10.2. The Balaban J connectivity index is 1.33. The average molecular weight is 385 g/mol. The van der Waals surface area contributed by atoms with Gasteiger partial charge in [0.15, 0.2) is 0 Å². The maximum Gasteiger partial charge on any atom is 0.123 e. The zero-order chi connectivity index (χ0) is 18.6. The third kappa shape index (κ3) is 4.92. The van der Waals surface area contributed by atoms with E-state index in [2.05, 4.69) is 40.4 Å². The third-order valence-electron chi connectivity index (χ3n) is 6.00. The van der Waals surface area contributed by atoms with Gasteiger partial charge in [-0.1, -0.05) is 31.2 Å². The van der Waals surface area contributed by atoms with Crippen LogP contribution in [0, 0.1) is 11.7 Å². The number of piperidine rings is 2.